The highest BCUT2D eigenvalue weighted by molar-refractivity contribution is 5.77. The first-order chi connectivity index (χ1) is 15.9. The molecular weight excluding hydrogens is 420 g/mol. The van der Waals surface area contributed by atoms with E-state index in [9.17, 15) is 9.90 Å². The minimum absolute atomic E-state index is 0.0910. The average Bonchev–Trinajstić information content (AvgIpc) is 3.49. The first-order valence-electron chi connectivity index (χ1n) is 12.8. The van der Waals surface area contributed by atoms with Crippen molar-refractivity contribution in [1.29, 1.82) is 0 Å². The van der Waals surface area contributed by atoms with Crippen LogP contribution in [0.1, 0.15) is 64.1 Å². The van der Waals surface area contributed by atoms with Gasteiger partial charge in [-0.2, -0.15) is 0 Å². The Hall–Kier alpha value is -1.64. The molecule has 8 heteroatoms. The summed E-state index contributed by atoms with van der Waals surface area (Å²) in [6.07, 6.45) is 7.24. The number of ether oxygens (including phenoxy) is 1. The Morgan fingerprint density at radius 2 is 2.00 bits per heavy atom. The highest BCUT2D eigenvalue weighted by atomic mass is 16.5. The van der Waals surface area contributed by atoms with E-state index in [0.29, 0.717) is 23.8 Å². The molecular formula is C25H40N4O4. The Morgan fingerprint density at radius 3 is 2.67 bits per heavy atom. The molecule has 0 saturated carbocycles. The minimum Gasteiger partial charge on any atom is -0.468 e. The third-order valence-electron chi connectivity index (χ3n) is 9.03. The standard InChI is InChI=1S/C25H40N4O4/c1-18(2)22(23(31)32-3)20-13-21(26-33-20)28-15-24(16-28)8-11-27(12-9-24)14-19-5-7-25(17-30)6-4-10-29(19)25/h13,18-19,22,30H,4-12,14-17H2,1-3H3/t19-,22?,25-/m0/s1. The normalized spacial score (nSPS) is 30.6. The molecule has 0 aliphatic carbocycles. The van der Waals surface area contributed by atoms with Crippen molar-refractivity contribution in [2.45, 2.75) is 69.9 Å². The van der Waals surface area contributed by atoms with E-state index >= 15 is 0 Å². The topological polar surface area (TPSA) is 82.3 Å². The summed E-state index contributed by atoms with van der Waals surface area (Å²) in [6, 6.07) is 2.54. The number of carbonyl (C=O) groups excluding carboxylic acids is 1. The minimum atomic E-state index is -0.412. The van der Waals surface area contributed by atoms with Crippen LogP contribution in [0.4, 0.5) is 5.82 Å². The fraction of sp³-hybridized carbons (Fsp3) is 0.840. The van der Waals surface area contributed by atoms with E-state index in [1.165, 1.54) is 39.2 Å². The van der Waals surface area contributed by atoms with Crippen LogP contribution in [0.5, 0.6) is 0 Å². The van der Waals surface area contributed by atoms with Gasteiger partial charge in [0.15, 0.2) is 11.6 Å². The van der Waals surface area contributed by atoms with Gasteiger partial charge < -0.3 is 24.2 Å². The lowest BCUT2D eigenvalue weighted by Crippen LogP contribution is -2.61. The lowest BCUT2D eigenvalue weighted by molar-refractivity contribution is -0.144. The number of esters is 1. The number of hydrogen-bond acceptors (Lipinski definition) is 8. The number of piperidine rings is 1. The summed E-state index contributed by atoms with van der Waals surface area (Å²) in [5, 5.41) is 14.3. The maximum atomic E-state index is 12.2. The summed E-state index contributed by atoms with van der Waals surface area (Å²) in [5.74, 6) is 0.847. The van der Waals surface area contributed by atoms with Crippen LogP contribution in [-0.2, 0) is 9.53 Å². The Labute approximate surface area is 197 Å². The van der Waals surface area contributed by atoms with Crippen molar-refractivity contribution in [3.8, 4) is 0 Å². The molecule has 1 N–H and O–H groups in total. The lowest BCUT2D eigenvalue weighted by atomic mass is 9.72. The van der Waals surface area contributed by atoms with Gasteiger partial charge in [-0.3, -0.25) is 9.69 Å². The summed E-state index contributed by atoms with van der Waals surface area (Å²) in [4.78, 5) is 19.7. The molecule has 4 aliphatic heterocycles. The van der Waals surface area contributed by atoms with E-state index in [-0.39, 0.29) is 17.4 Å². The molecule has 3 atom stereocenters. The fourth-order valence-electron chi connectivity index (χ4n) is 7.00. The number of carbonyl (C=O) groups is 1. The number of likely N-dealkylation sites (tertiary alicyclic amines) is 1. The molecule has 5 heterocycles. The van der Waals surface area contributed by atoms with Gasteiger partial charge in [0.25, 0.3) is 0 Å². The van der Waals surface area contributed by atoms with Crippen LogP contribution >= 0.6 is 0 Å². The number of anilines is 1. The van der Waals surface area contributed by atoms with Crippen molar-refractivity contribution >= 4 is 11.8 Å². The predicted octanol–water partition coefficient (Wildman–Crippen LogP) is 2.48. The van der Waals surface area contributed by atoms with E-state index in [4.69, 9.17) is 9.26 Å². The maximum Gasteiger partial charge on any atom is 0.316 e. The first-order valence-corrected chi connectivity index (χ1v) is 12.8. The van der Waals surface area contributed by atoms with Crippen LogP contribution < -0.4 is 4.90 Å². The highest BCUT2D eigenvalue weighted by Gasteiger charge is 2.50. The number of aliphatic hydroxyl groups excluding tert-OH is 1. The van der Waals surface area contributed by atoms with Crippen molar-refractivity contribution in [1.82, 2.24) is 15.0 Å². The van der Waals surface area contributed by atoms with E-state index in [2.05, 4.69) is 19.9 Å². The van der Waals surface area contributed by atoms with E-state index in [1.54, 1.807) is 0 Å². The molecule has 33 heavy (non-hydrogen) atoms. The number of hydrogen-bond donors (Lipinski definition) is 1. The van der Waals surface area contributed by atoms with Crippen LogP contribution in [-0.4, -0.2) is 90.6 Å². The molecule has 8 nitrogen and oxygen atoms in total. The van der Waals surface area contributed by atoms with Crippen LogP contribution in [0.3, 0.4) is 0 Å². The SMILES string of the molecule is COC(=O)C(c1cc(N2CC3(CCN(C[C@@H]4CC[C@]5(CO)CCCN45)CC3)C2)no1)C(C)C. The van der Waals surface area contributed by atoms with Gasteiger partial charge in [0.1, 0.15) is 5.92 Å². The van der Waals surface area contributed by atoms with Crippen molar-refractivity contribution in [3.05, 3.63) is 11.8 Å². The van der Waals surface area contributed by atoms with Gasteiger partial charge in [0.2, 0.25) is 0 Å². The maximum absolute atomic E-state index is 12.2. The second kappa shape index (κ2) is 8.86. The summed E-state index contributed by atoms with van der Waals surface area (Å²) in [5.41, 5.74) is 0.475. The Balaban J connectivity index is 1.12. The second-order valence-corrected chi connectivity index (χ2v) is 11.4. The third kappa shape index (κ3) is 4.08. The lowest BCUT2D eigenvalue weighted by Gasteiger charge is -2.54. The van der Waals surface area contributed by atoms with E-state index in [0.717, 1.165) is 51.5 Å². The van der Waals surface area contributed by atoms with Crippen LogP contribution in [0.25, 0.3) is 0 Å². The van der Waals surface area contributed by atoms with Crippen molar-refractivity contribution < 1.29 is 19.2 Å². The molecule has 5 rings (SSSR count). The third-order valence-corrected chi connectivity index (χ3v) is 9.03. The number of rotatable bonds is 7. The molecule has 0 aromatic carbocycles. The quantitative estimate of drug-likeness (QED) is 0.622. The summed E-state index contributed by atoms with van der Waals surface area (Å²) in [6.45, 7) is 11.0. The molecule has 1 spiro atoms. The molecule has 1 aromatic heterocycles. The van der Waals surface area contributed by atoms with Gasteiger partial charge in [-0.25, -0.2) is 0 Å². The number of methoxy groups -OCH3 is 1. The van der Waals surface area contributed by atoms with E-state index in [1.807, 2.05) is 19.9 Å². The summed E-state index contributed by atoms with van der Waals surface area (Å²) >= 11 is 0. The monoisotopic (exact) mass is 460 g/mol. The molecule has 4 saturated heterocycles. The Kier molecular flexibility index (Phi) is 6.20. The molecule has 0 amide bonds. The van der Waals surface area contributed by atoms with Crippen molar-refractivity contribution in [2.75, 3.05) is 57.9 Å². The van der Waals surface area contributed by atoms with Gasteiger partial charge in [-0.05, 0) is 64.1 Å². The highest BCUT2D eigenvalue weighted by Crippen LogP contribution is 2.45. The second-order valence-electron chi connectivity index (χ2n) is 11.4. The number of aromatic nitrogens is 1. The van der Waals surface area contributed by atoms with Crippen molar-refractivity contribution in [3.63, 3.8) is 0 Å². The largest absolute Gasteiger partial charge is 0.468 e. The molecule has 1 unspecified atom stereocenters. The predicted molar refractivity (Wildman–Crippen MR) is 125 cm³/mol. The smallest absolute Gasteiger partial charge is 0.316 e. The summed E-state index contributed by atoms with van der Waals surface area (Å²) in [7, 11) is 1.42. The fourth-order valence-corrected chi connectivity index (χ4v) is 7.00. The molecule has 184 valence electrons. The summed E-state index contributed by atoms with van der Waals surface area (Å²) < 4.78 is 10.5. The Bertz CT molecular complexity index is 841. The van der Waals surface area contributed by atoms with Crippen LogP contribution in [0, 0.1) is 11.3 Å². The first kappa shape index (κ1) is 23.1. The molecule has 4 fully saturated rings. The number of aliphatic hydroxyl groups is 1. The van der Waals surface area contributed by atoms with Crippen molar-refractivity contribution in [2.24, 2.45) is 11.3 Å². The number of fused-ring (bicyclic) bond motifs is 1. The molecule has 0 radical (unpaired) electrons. The number of nitrogens with zero attached hydrogens (tertiary/aromatic N) is 4. The molecule has 1 aromatic rings. The molecule has 4 aliphatic rings. The average molecular weight is 461 g/mol. The zero-order chi connectivity index (χ0) is 23.2. The Morgan fingerprint density at radius 1 is 1.24 bits per heavy atom. The van der Waals surface area contributed by atoms with Gasteiger partial charge in [-0.15, -0.1) is 0 Å². The van der Waals surface area contributed by atoms with Gasteiger partial charge >= 0.3 is 5.97 Å². The molecule has 0 bridgehead atoms. The zero-order valence-electron chi connectivity index (χ0n) is 20.5. The van der Waals surface area contributed by atoms with Crippen LogP contribution in [0.2, 0.25) is 0 Å². The van der Waals surface area contributed by atoms with E-state index < -0.39 is 5.92 Å². The van der Waals surface area contributed by atoms with Gasteiger partial charge in [0, 0.05) is 42.7 Å². The zero-order valence-corrected chi connectivity index (χ0v) is 20.5. The van der Waals surface area contributed by atoms with Gasteiger partial charge in [0.05, 0.1) is 13.7 Å². The van der Waals surface area contributed by atoms with Crippen LogP contribution in [0.15, 0.2) is 10.6 Å². The van der Waals surface area contributed by atoms with Gasteiger partial charge in [-0.1, -0.05) is 19.0 Å².